The molecule has 8 bridgehead atoms. The lowest BCUT2D eigenvalue weighted by molar-refractivity contribution is 0.867. The lowest BCUT2D eigenvalue weighted by Gasteiger charge is -2.16. The molecule has 0 atom stereocenters. The van der Waals surface area contributed by atoms with Gasteiger partial charge in [0.05, 0.1) is 22.8 Å². The Morgan fingerprint density at radius 2 is 0.413 bits per heavy atom. The van der Waals surface area contributed by atoms with Gasteiger partial charge in [0.1, 0.15) is 0 Å². The van der Waals surface area contributed by atoms with Crippen LogP contribution >= 0.6 is 0 Å². The highest BCUT2D eigenvalue weighted by molar-refractivity contribution is 6.10. The van der Waals surface area contributed by atoms with Gasteiger partial charge >= 0.3 is 0 Å². The van der Waals surface area contributed by atoms with Gasteiger partial charge in [-0.1, -0.05) is 152 Å². The smallest absolute Gasteiger partial charge is 0.0816 e. The van der Waals surface area contributed by atoms with Gasteiger partial charge in [-0.25, -0.2) is 9.97 Å². The molecule has 0 aliphatic carbocycles. The summed E-state index contributed by atoms with van der Waals surface area (Å²) < 4.78 is 0. The second-order valence-electron chi connectivity index (χ2n) is 25.6. The molecule has 0 unspecified atom stereocenters. The Labute approximate surface area is 538 Å². The second kappa shape index (κ2) is 23.8. The Balaban J connectivity index is 1.18. The van der Waals surface area contributed by atoms with E-state index >= 15 is 0 Å². The average Bonchev–Trinajstić information content (AvgIpc) is 1.56. The summed E-state index contributed by atoms with van der Waals surface area (Å²) in [5, 5.41) is 0. The Bertz CT molecular complexity index is 4450. The van der Waals surface area contributed by atoms with Crippen LogP contribution in [0.5, 0.6) is 0 Å². The van der Waals surface area contributed by atoms with Crippen molar-refractivity contribution in [1.82, 2.24) is 39.9 Å². The van der Waals surface area contributed by atoms with E-state index in [0.717, 1.165) is 156 Å². The van der Waals surface area contributed by atoms with Gasteiger partial charge in [-0.2, -0.15) is 0 Å². The van der Waals surface area contributed by atoms with Crippen molar-refractivity contribution in [1.29, 1.82) is 0 Å². The number of hydrogen-bond acceptors (Lipinski definition) is 6. The van der Waals surface area contributed by atoms with Crippen molar-refractivity contribution >= 4 is 22.1 Å². The van der Waals surface area contributed by atoms with Gasteiger partial charge in [0.2, 0.25) is 0 Å². The molecular weight excluding hydrogens is 1120 g/mol. The maximum atomic E-state index is 6.15. The predicted molar refractivity (Wildman–Crippen MR) is 381 cm³/mol. The van der Waals surface area contributed by atoms with Crippen molar-refractivity contribution in [3.8, 4) is 134 Å². The zero-order valence-electron chi connectivity index (χ0n) is 53.1. The van der Waals surface area contributed by atoms with Crippen LogP contribution < -0.4 is 0 Å². The molecule has 0 amide bonds. The summed E-state index contributed by atoms with van der Waals surface area (Å²) in [5.41, 5.74) is 32.8. The summed E-state index contributed by atoms with van der Waals surface area (Å²) >= 11 is 0. The topological polar surface area (TPSA) is 109 Å². The predicted octanol–water partition coefficient (Wildman–Crippen LogP) is 22.4. The molecule has 0 fully saturated rings. The van der Waals surface area contributed by atoms with Crippen LogP contribution in [0.25, 0.3) is 156 Å². The largest absolute Gasteiger partial charge is 0.354 e. The molecule has 8 heteroatoms. The molecule has 13 aromatic rings. The molecule has 2 aliphatic heterocycles. The summed E-state index contributed by atoms with van der Waals surface area (Å²) in [4.78, 5) is 38.7. The summed E-state index contributed by atoms with van der Waals surface area (Å²) in [5.74, 6) is 1.33. The van der Waals surface area contributed by atoms with E-state index in [4.69, 9.17) is 9.97 Å². The molecule has 7 aromatic heterocycles. The minimum atomic E-state index is 0.333. The summed E-state index contributed by atoms with van der Waals surface area (Å²) in [6, 6.07) is 71.8. The SMILES string of the molecule is CC(C)c1ccc(-c2c3nc(c(-c4ccc(C(C)C)cc4)c4ccc([nH]4)c(-c4ccc(C(C)C)cc4)c4nc(c(-c5ccc(C(C)C)cc5)c5ccc2[nH]5)-c2cc(-c5ccncc5)c(-c5ccncc5)cc2-4)-c2cc(-c4ccncc4)c(-c4ccncc4)cc2-3)cc1. The number of nitrogens with one attached hydrogen (secondary N) is 2. The fourth-order valence-electron chi connectivity index (χ4n) is 13.5. The van der Waals surface area contributed by atoms with Crippen LogP contribution in [0, 0.1) is 0 Å². The monoisotopic (exact) mass is 1190 g/mol. The van der Waals surface area contributed by atoms with Gasteiger partial charge in [0.25, 0.3) is 0 Å². The van der Waals surface area contributed by atoms with Gasteiger partial charge in [0, 0.05) is 116 Å². The molecule has 6 aromatic carbocycles. The highest BCUT2D eigenvalue weighted by Gasteiger charge is 2.31. The summed E-state index contributed by atoms with van der Waals surface area (Å²) in [6.45, 7) is 18.0. The van der Waals surface area contributed by atoms with Gasteiger partial charge < -0.3 is 9.97 Å². The highest BCUT2D eigenvalue weighted by atomic mass is 14.8. The zero-order valence-corrected chi connectivity index (χ0v) is 53.1. The Kier molecular flexibility index (Phi) is 14.9. The lowest BCUT2D eigenvalue weighted by Crippen LogP contribution is -1.92. The maximum Gasteiger partial charge on any atom is 0.0816 e. The normalized spacial score (nSPS) is 11.9. The number of nitrogens with zero attached hydrogens (tertiary/aromatic N) is 6. The molecule has 2 N–H and O–H groups in total. The van der Waals surface area contributed by atoms with Crippen LogP contribution in [0.1, 0.15) is 101 Å². The standard InChI is InChI=1S/C84H70N8/c1-49(2)53-9-17-61(18-10-53)77-73-25-26-74(89-73)78(62-19-11-54(12-20-62)50(3)4)83-71-47-67(59-33-41-87-42-34-59)68(60-35-43-88-44-36-60)48-72(71)84(92-83)80(64-23-15-56(16-24-64)52(7)8)76-28-27-75(90-76)79(63-21-13-55(14-22-63)51(5)6)82-70-46-66(58-31-39-86-40-32-58)65(45-69(70)81(77)91-82)57-29-37-85-38-30-57/h9-52,89-90H,1-8H3. The number of benzene rings is 6. The first-order valence-electron chi connectivity index (χ1n) is 32.1. The van der Waals surface area contributed by atoms with Gasteiger partial charge in [0.15, 0.2) is 0 Å². The molecule has 9 heterocycles. The number of H-pyrrole nitrogens is 2. The van der Waals surface area contributed by atoms with Crippen molar-refractivity contribution in [3.05, 3.63) is 266 Å². The van der Waals surface area contributed by atoms with Gasteiger partial charge in [-0.3, -0.25) is 19.9 Å². The fraction of sp³-hybridized carbons (Fsp3) is 0.143. The first kappa shape index (κ1) is 57.5. The minimum absolute atomic E-state index is 0.333. The second-order valence-corrected chi connectivity index (χ2v) is 25.6. The summed E-state index contributed by atoms with van der Waals surface area (Å²) in [7, 11) is 0. The molecular formula is C84H70N8. The molecule has 0 saturated heterocycles. The van der Waals surface area contributed by atoms with Crippen LogP contribution in [0.3, 0.4) is 0 Å². The number of pyridine rings is 4. The van der Waals surface area contributed by atoms with Crippen molar-refractivity contribution in [3.63, 3.8) is 0 Å². The van der Waals surface area contributed by atoms with Crippen molar-refractivity contribution in [2.24, 2.45) is 0 Å². The third-order valence-electron chi connectivity index (χ3n) is 18.6. The number of aromatic amines is 2. The third-order valence-corrected chi connectivity index (χ3v) is 18.6. The highest BCUT2D eigenvalue weighted by Crippen LogP contribution is 2.53. The van der Waals surface area contributed by atoms with Crippen molar-refractivity contribution in [2.75, 3.05) is 0 Å². The zero-order chi connectivity index (χ0) is 62.7. The minimum Gasteiger partial charge on any atom is -0.354 e. The molecule has 15 rings (SSSR count). The van der Waals surface area contributed by atoms with E-state index in [1.165, 1.54) is 22.3 Å². The molecule has 2 aliphatic rings. The number of fused-ring (bicyclic) bond motifs is 14. The van der Waals surface area contributed by atoms with E-state index < -0.39 is 0 Å². The van der Waals surface area contributed by atoms with Crippen LogP contribution in [0.4, 0.5) is 0 Å². The maximum absolute atomic E-state index is 6.15. The van der Waals surface area contributed by atoms with E-state index in [0.29, 0.717) is 23.7 Å². The molecule has 0 spiro atoms. The fourth-order valence-corrected chi connectivity index (χ4v) is 13.5. The van der Waals surface area contributed by atoms with Crippen molar-refractivity contribution in [2.45, 2.75) is 79.1 Å². The Morgan fingerprint density at radius 3 is 0.598 bits per heavy atom. The molecule has 0 saturated carbocycles. The van der Waals surface area contributed by atoms with E-state index in [-0.39, 0.29) is 0 Å². The summed E-state index contributed by atoms with van der Waals surface area (Å²) in [6.07, 6.45) is 15.0. The van der Waals surface area contributed by atoms with Crippen LogP contribution in [-0.4, -0.2) is 39.9 Å². The lowest BCUT2D eigenvalue weighted by atomic mass is 9.87. The number of rotatable bonds is 12. The number of aromatic nitrogens is 8. The van der Waals surface area contributed by atoms with Crippen molar-refractivity contribution < 1.29 is 0 Å². The van der Waals surface area contributed by atoms with Crippen LogP contribution in [0.15, 0.2) is 244 Å². The average molecular weight is 1190 g/mol. The number of hydrogen-bond donors (Lipinski definition) is 2. The van der Waals surface area contributed by atoms with E-state index in [2.05, 4.69) is 279 Å². The first-order chi connectivity index (χ1) is 44.9. The quantitative estimate of drug-likeness (QED) is 0.126. The van der Waals surface area contributed by atoms with Crippen LogP contribution in [0.2, 0.25) is 0 Å². The molecule has 8 nitrogen and oxygen atoms in total. The Hall–Kier alpha value is -11.0. The van der Waals surface area contributed by atoms with E-state index in [1.807, 2.05) is 49.6 Å². The molecule has 92 heavy (non-hydrogen) atoms. The molecule has 0 radical (unpaired) electrons. The van der Waals surface area contributed by atoms with E-state index in [9.17, 15) is 0 Å². The van der Waals surface area contributed by atoms with Crippen LogP contribution in [-0.2, 0) is 0 Å². The van der Waals surface area contributed by atoms with Gasteiger partial charge in [-0.15, -0.1) is 0 Å². The Morgan fingerprint density at radius 1 is 0.217 bits per heavy atom. The molecule has 446 valence electrons. The third kappa shape index (κ3) is 10.4. The van der Waals surface area contributed by atoms with E-state index in [1.54, 1.807) is 0 Å². The van der Waals surface area contributed by atoms with Gasteiger partial charge in [-0.05, 0) is 210 Å². The first-order valence-corrected chi connectivity index (χ1v) is 32.1.